The molecule has 70 valence electrons. The van der Waals surface area contributed by atoms with Crippen LogP contribution in [0.1, 0.15) is 12.7 Å². The van der Waals surface area contributed by atoms with Gasteiger partial charge in [-0.25, -0.2) is 9.55 Å². The van der Waals surface area contributed by atoms with Crippen LogP contribution < -0.4 is 0 Å². The van der Waals surface area contributed by atoms with Crippen molar-refractivity contribution in [1.82, 2.24) is 9.55 Å². The second-order valence-electron chi connectivity index (χ2n) is 2.42. The van der Waals surface area contributed by atoms with Crippen molar-refractivity contribution in [3.63, 3.8) is 0 Å². The van der Waals surface area contributed by atoms with Gasteiger partial charge in [0, 0.05) is 6.54 Å². The average Bonchev–Trinajstić information content (AvgIpc) is 2.43. The second-order valence-corrected chi connectivity index (χ2v) is 2.42. The fourth-order valence-electron chi connectivity index (χ4n) is 0.877. The molecule has 0 bridgehead atoms. The highest BCUT2D eigenvalue weighted by atomic mass is 16.6. The number of hydrogen-bond acceptors (Lipinski definition) is 4. The minimum atomic E-state index is -0.476. The van der Waals surface area contributed by atoms with Crippen LogP contribution in [0.2, 0.25) is 0 Å². The first kappa shape index (κ1) is 9.37. The van der Waals surface area contributed by atoms with Gasteiger partial charge in [-0.2, -0.15) is 0 Å². The maximum atomic E-state index is 10.4. The van der Waals surface area contributed by atoms with E-state index >= 15 is 0 Å². The zero-order chi connectivity index (χ0) is 9.84. The van der Waals surface area contributed by atoms with E-state index < -0.39 is 4.92 Å². The van der Waals surface area contributed by atoms with Crippen LogP contribution in [0, 0.1) is 10.1 Å². The van der Waals surface area contributed by atoms with Gasteiger partial charge >= 0.3 is 5.82 Å². The zero-order valence-electron chi connectivity index (χ0n) is 7.47. The molecule has 0 aliphatic carbocycles. The number of nitro groups is 1. The Kier molecular flexibility index (Phi) is 2.73. The van der Waals surface area contributed by atoms with E-state index in [2.05, 4.69) is 9.98 Å². The lowest BCUT2D eigenvalue weighted by molar-refractivity contribution is -0.391. The van der Waals surface area contributed by atoms with Crippen molar-refractivity contribution in [2.45, 2.75) is 6.92 Å². The maximum Gasteiger partial charge on any atom is 0.342 e. The van der Waals surface area contributed by atoms with Crippen molar-refractivity contribution in [2.24, 2.45) is 12.0 Å². The smallest absolute Gasteiger partial charge is 0.342 e. The van der Waals surface area contributed by atoms with Gasteiger partial charge in [-0.1, -0.05) is 0 Å². The fourth-order valence-corrected chi connectivity index (χ4v) is 0.877. The van der Waals surface area contributed by atoms with E-state index in [1.54, 1.807) is 7.05 Å². The summed E-state index contributed by atoms with van der Waals surface area (Å²) in [7, 11) is 1.59. The van der Waals surface area contributed by atoms with Crippen molar-refractivity contribution >= 4 is 12.0 Å². The van der Waals surface area contributed by atoms with Crippen LogP contribution in [0.3, 0.4) is 0 Å². The standard InChI is InChI=1S/C7H10N4O2/c1-3-8-4-6-9-5-7(10(6)2)11(12)13/h4-5H,3H2,1-2H3. The summed E-state index contributed by atoms with van der Waals surface area (Å²) in [5, 5.41) is 10.4. The maximum absolute atomic E-state index is 10.4. The number of imidazole rings is 1. The Balaban J connectivity index is 2.99. The Labute approximate surface area is 75.1 Å². The molecule has 1 aromatic heterocycles. The molecule has 0 saturated carbocycles. The highest BCUT2D eigenvalue weighted by molar-refractivity contribution is 5.75. The topological polar surface area (TPSA) is 73.3 Å². The SMILES string of the molecule is CCN=Cc1ncc([N+](=O)[O-])n1C. The summed E-state index contributed by atoms with van der Waals surface area (Å²) in [5.41, 5.74) is 0. The normalized spacial score (nSPS) is 10.9. The van der Waals surface area contributed by atoms with Gasteiger partial charge in [0.1, 0.15) is 6.20 Å². The minimum Gasteiger partial charge on any atom is -0.358 e. The van der Waals surface area contributed by atoms with Crippen LogP contribution in [0.15, 0.2) is 11.2 Å². The molecule has 0 aliphatic rings. The number of rotatable bonds is 3. The van der Waals surface area contributed by atoms with E-state index in [0.29, 0.717) is 12.4 Å². The Morgan fingerprint density at radius 1 is 1.85 bits per heavy atom. The van der Waals surface area contributed by atoms with Crippen molar-refractivity contribution in [2.75, 3.05) is 6.54 Å². The van der Waals surface area contributed by atoms with Gasteiger partial charge in [0.2, 0.25) is 5.82 Å². The van der Waals surface area contributed by atoms with Gasteiger partial charge in [-0.05, 0) is 11.8 Å². The van der Waals surface area contributed by atoms with E-state index in [4.69, 9.17) is 0 Å². The van der Waals surface area contributed by atoms with Crippen LogP contribution in [0.5, 0.6) is 0 Å². The second kappa shape index (κ2) is 3.79. The summed E-state index contributed by atoms with van der Waals surface area (Å²) in [5.74, 6) is 0.464. The molecule has 0 N–H and O–H groups in total. The Bertz CT molecular complexity index is 342. The van der Waals surface area contributed by atoms with Crippen molar-refractivity contribution in [1.29, 1.82) is 0 Å². The lowest BCUT2D eigenvalue weighted by Crippen LogP contribution is -2.01. The molecular formula is C7H10N4O2. The monoisotopic (exact) mass is 182 g/mol. The van der Waals surface area contributed by atoms with Gasteiger partial charge in [-0.15, -0.1) is 0 Å². The molecule has 0 atom stereocenters. The average molecular weight is 182 g/mol. The summed E-state index contributed by atoms with van der Waals surface area (Å²) in [4.78, 5) is 17.7. The van der Waals surface area contributed by atoms with E-state index in [1.165, 1.54) is 17.0 Å². The van der Waals surface area contributed by atoms with Crippen LogP contribution in [-0.4, -0.2) is 27.2 Å². The van der Waals surface area contributed by atoms with Crippen molar-refractivity contribution in [3.8, 4) is 0 Å². The molecule has 0 saturated heterocycles. The molecule has 0 fully saturated rings. The van der Waals surface area contributed by atoms with Crippen LogP contribution in [0.25, 0.3) is 0 Å². The molecular weight excluding hydrogens is 172 g/mol. The molecule has 0 spiro atoms. The fraction of sp³-hybridized carbons (Fsp3) is 0.429. The minimum absolute atomic E-state index is 0.0300. The summed E-state index contributed by atoms with van der Waals surface area (Å²) in [6.07, 6.45) is 2.74. The lowest BCUT2D eigenvalue weighted by atomic mass is 10.6. The summed E-state index contributed by atoms with van der Waals surface area (Å²) in [6, 6.07) is 0. The third-order valence-corrected chi connectivity index (χ3v) is 1.58. The Hall–Kier alpha value is -1.72. The van der Waals surface area contributed by atoms with Crippen molar-refractivity contribution in [3.05, 3.63) is 22.1 Å². The summed E-state index contributed by atoms with van der Waals surface area (Å²) in [6.45, 7) is 2.52. The predicted octanol–water partition coefficient (Wildman–Crippen LogP) is 0.767. The van der Waals surface area contributed by atoms with Gasteiger partial charge in [0.05, 0.1) is 13.3 Å². The Morgan fingerprint density at radius 3 is 3.00 bits per heavy atom. The molecule has 0 unspecified atom stereocenters. The zero-order valence-corrected chi connectivity index (χ0v) is 7.47. The van der Waals surface area contributed by atoms with E-state index in [9.17, 15) is 10.1 Å². The molecule has 1 rings (SSSR count). The van der Waals surface area contributed by atoms with Crippen LogP contribution in [0.4, 0.5) is 5.82 Å². The van der Waals surface area contributed by atoms with Crippen LogP contribution >= 0.6 is 0 Å². The highest BCUT2D eigenvalue weighted by Crippen LogP contribution is 2.09. The summed E-state index contributed by atoms with van der Waals surface area (Å²) >= 11 is 0. The number of hydrogen-bond donors (Lipinski definition) is 0. The molecule has 0 amide bonds. The van der Waals surface area contributed by atoms with E-state index in [-0.39, 0.29) is 5.82 Å². The molecule has 1 aromatic rings. The molecule has 1 heterocycles. The quantitative estimate of drug-likeness (QED) is 0.393. The third kappa shape index (κ3) is 1.90. The molecule has 13 heavy (non-hydrogen) atoms. The summed E-state index contributed by atoms with van der Waals surface area (Å²) < 4.78 is 1.39. The van der Waals surface area contributed by atoms with E-state index in [1.807, 2.05) is 6.92 Å². The van der Waals surface area contributed by atoms with E-state index in [0.717, 1.165) is 0 Å². The van der Waals surface area contributed by atoms with Gasteiger partial charge in [-0.3, -0.25) is 4.99 Å². The number of aromatic nitrogens is 2. The third-order valence-electron chi connectivity index (χ3n) is 1.58. The Morgan fingerprint density at radius 2 is 2.54 bits per heavy atom. The highest BCUT2D eigenvalue weighted by Gasteiger charge is 2.13. The lowest BCUT2D eigenvalue weighted by Gasteiger charge is -1.93. The van der Waals surface area contributed by atoms with Crippen LogP contribution in [-0.2, 0) is 7.05 Å². The largest absolute Gasteiger partial charge is 0.358 e. The molecule has 6 heteroatoms. The van der Waals surface area contributed by atoms with Gasteiger partial charge < -0.3 is 10.1 Å². The first-order valence-corrected chi connectivity index (χ1v) is 3.82. The van der Waals surface area contributed by atoms with Crippen molar-refractivity contribution < 1.29 is 4.92 Å². The van der Waals surface area contributed by atoms with Gasteiger partial charge in [0.15, 0.2) is 0 Å². The first-order chi connectivity index (χ1) is 6.16. The number of aliphatic imine (C=N–C) groups is 1. The molecule has 6 nitrogen and oxygen atoms in total. The molecule has 0 aromatic carbocycles. The number of nitrogens with zero attached hydrogens (tertiary/aromatic N) is 4. The molecule has 0 aliphatic heterocycles. The molecule has 0 radical (unpaired) electrons. The predicted molar refractivity (Wildman–Crippen MR) is 48.0 cm³/mol. The van der Waals surface area contributed by atoms with Gasteiger partial charge in [0.25, 0.3) is 0 Å². The first-order valence-electron chi connectivity index (χ1n) is 3.82.